The highest BCUT2D eigenvalue weighted by Crippen LogP contribution is 2.48. The summed E-state index contributed by atoms with van der Waals surface area (Å²) in [5, 5.41) is 20.9. The lowest BCUT2D eigenvalue weighted by Gasteiger charge is -2.28. The fourth-order valence-electron chi connectivity index (χ4n) is 4.45. The van der Waals surface area contributed by atoms with Crippen LogP contribution < -0.4 is 10.6 Å². The number of amides is 1. The SMILES string of the molecule is CC(=O)NC(Cc1cc(F)cc(F)c1)C(O)CNC1(c2c(C)ccc(-n3cccn3)c2F)CC1. The molecule has 0 spiro atoms. The Morgan fingerprint density at radius 3 is 2.50 bits per heavy atom. The Hall–Kier alpha value is -3.17. The minimum atomic E-state index is -1.08. The molecule has 2 unspecified atom stereocenters. The third-order valence-corrected chi connectivity index (χ3v) is 6.19. The molecule has 0 bridgehead atoms. The molecular formula is C25H27F3N4O2. The zero-order valence-electron chi connectivity index (χ0n) is 19.0. The topological polar surface area (TPSA) is 79.2 Å². The first-order chi connectivity index (χ1) is 16.2. The number of carbonyl (C=O) groups is 1. The van der Waals surface area contributed by atoms with Crippen molar-refractivity contribution in [2.75, 3.05) is 6.54 Å². The summed E-state index contributed by atoms with van der Waals surface area (Å²) in [6.07, 6.45) is 3.56. The van der Waals surface area contributed by atoms with Crippen LogP contribution in [0.5, 0.6) is 0 Å². The number of aliphatic hydroxyl groups is 1. The molecule has 1 aliphatic rings. The van der Waals surface area contributed by atoms with Crippen LogP contribution in [0.15, 0.2) is 48.8 Å². The van der Waals surface area contributed by atoms with E-state index in [1.54, 1.807) is 24.5 Å². The Morgan fingerprint density at radius 1 is 1.21 bits per heavy atom. The Bertz CT molecular complexity index is 1160. The van der Waals surface area contributed by atoms with Crippen molar-refractivity contribution in [1.29, 1.82) is 0 Å². The minimum absolute atomic E-state index is 0.0340. The van der Waals surface area contributed by atoms with Crippen LogP contribution in [0, 0.1) is 24.4 Å². The summed E-state index contributed by atoms with van der Waals surface area (Å²) in [7, 11) is 0. The van der Waals surface area contributed by atoms with E-state index in [-0.39, 0.29) is 24.7 Å². The number of carbonyl (C=O) groups excluding carboxylic acids is 1. The molecule has 2 aromatic carbocycles. The summed E-state index contributed by atoms with van der Waals surface area (Å²) < 4.78 is 44.2. The van der Waals surface area contributed by atoms with E-state index in [1.165, 1.54) is 23.7 Å². The molecule has 1 amide bonds. The largest absolute Gasteiger partial charge is 0.390 e. The van der Waals surface area contributed by atoms with Gasteiger partial charge in [0, 0.05) is 43.0 Å². The van der Waals surface area contributed by atoms with Gasteiger partial charge in [0.15, 0.2) is 5.82 Å². The van der Waals surface area contributed by atoms with Gasteiger partial charge in [-0.05, 0) is 61.6 Å². The summed E-state index contributed by atoms with van der Waals surface area (Å²) in [5.41, 5.74) is 1.30. The van der Waals surface area contributed by atoms with Crippen LogP contribution in [0.4, 0.5) is 13.2 Å². The fraction of sp³-hybridized carbons (Fsp3) is 0.360. The number of hydrogen-bond acceptors (Lipinski definition) is 4. The van der Waals surface area contributed by atoms with E-state index in [2.05, 4.69) is 15.7 Å². The Labute approximate surface area is 195 Å². The van der Waals surface area contributed by atoms with Gasteiger partial charge in [-0.25, -0.2) is 17.9 Å². The number of nitrogens with one attached hydrogen (secondary N) is 2. The lowest BCUT2D eigenvalue weighted by Crippen LogP contribution is -2.49. The van der Waals surface area contributed by atoms with Crippen LogP contribution in [-0.4, -0.2) is 39.5 Å². The molecule has 1 fully saturated rings. The lowest BCUT2D eigenvalue weighted by atomic mass is 9.96. The van der Waals surface area contributed by atoms with Crippen LogP contribution >= 0.6 is 0 Å². The number of halogens is 3. The van der Waals surface area contributed by atoms with Crippen LogP contribution in [-0.2, 0) is 16.8 Å². The number of nitrogens with zero attached hydrogens (tertiary/aromatic N) is 2. The molecule has 34 heavy (non-hydrogen) atoms. The van der Waals surface area contributed by atoms with Gasteiger partial charge in [-0.15, -0.1) is 0 Å². The fourth-order valence-corrected chi connectivity index (χ4v) is 4.45. The molecule has 4 rings (SSSR count). The first kappa shape index (κ1) is 24.0. The normalized spacial score (nSPS) is 16.2. The maximum absolute atomic E-state index is 15.6. The van der Waals surface area contributed by atoms with Crippen LogP contribution in [0.2, 0.25) is 0 Å². The molecule has 6 nitrogen and oxygen atoms in total. The van der Waals surface area contributed by atoms with Crippen molar-refractivity contribution in [2.24, 2.45) is 0 Å². The maximum atomic E-state index is 15.6. The van der Waals surface area contributed by atoms with E-state index >= 15 is 4.39 Å². The lowest BCUT2D eigenvalue weighted by molar-refractivity contribution is -0.120. The minimum Gasteiger partial charge on any atom is -0.390 e. The Kier molecular flexibility index (Phi) is 6.77. The number of benzene rings is 2. The molecule has 3 aromatic rings. The van der Waals surface area contributed by atoms with Gasteiger partial charge in [-0.1, -0.05) is 6.07 Å². The molecule has 0 radical (unpaired) electrons. The monoisotopic (exact) mass is 472 g/mol. The van der Waals surface area contributed by atoms with Crippen LogP contribution in [0.3, 0.4) is 0 Å². The second-order valence-electron chi connectivity index (χ2n) is 8.86. The van der Waals surface area contributed by atoms with E-state index in [0.717, 1.165) is 11.6 Å². The summed E-state index contributed by atoms with van der Waals surface area (Å²) in [5.74, 6) is -2.22. The van der Waals surface area contributed by atoms with Gasteiger partial charge in [0.2, 0.25) is 5.91 Å². The molecule has 0 aliphatic heterocycles. The molecular weight excluding hydrogens is 445 g/mol. The van der Waals surface area contributed by atoms with E-state index < -0.39 is 29.3 Å². The Morgan fingerprint density at radius 2 is 1.91 bits per heavy atom. The molecule has 1 heterocycles. The highest BCUT2D eigenvalue weighted by molar-refractivity contribution is 5.73. The first-order valence-corrected chi connectivity index (χ1v) is 11.1. The van der Waals surface area contributed by atoms with E-state index in [9.17, 15) is 18.7 Å². The summed E-state index contributed by atoms with van der Waals surface area (Å²) in [6, 6.07) is 7.54. The zero-order valence-corrected chi connectivity index (χ0v) is 19.0. The van der Waals surface area contributed by atoms with Gasteiger partial charge in [-0.2, -0.15) is 5.10 Å². The Balaban J connectivity index is 1.52. The number of aliphatic hydroxyl groups excluding tert-OH is 1. The summed E-state index contributed by atoms with van der Waals surface area (Å²) in [4.78, 5) is 11.7. The molecule has 1 saturated carbocycles. The van der Waals surface area contributed by atoms with E-state index in [4.69, 9.17) is 0 Å². The van der Waals surface area contributed by atoms with Crippen LogP contribution in [0.25, 0.3) is 5.69 Å². The van der Waals surface area contributed by atoms with Gasteiger partial charge in [0.05, 0.1) is 12.1 Å². The third-order valence-electron chi connectivity index (χ3n) is 6.19. The highest BCUT2D eigenvalue weighted by Gasteiger charge is 2.47. The predicted molar refractivity (Wildman–Crippen MR) is 121 cm³/mol. The summed E-state index contributed by atoms with van der Waals surface area (Å²) >= 11 is 0. The van der Waals surface area contributed by atoms with Gasteiger partial charge in [-0.3, -0.25) is 4.79 Å². The van der Waals surface area contributed by atoms with Gasteiger partial charge >= 0.3 is 0 Å². The first-order valence-electron chi connectivity index (χ1n) is 11.1. The van der Waals surface area contributed by atoms with Crippen molar-refractivity contribution in [2.45, 2.75) is 50.8 Å². The molecule has 180 valence electrons. The van der Waals surface area contributed by atoms with Crippen molar-refractivity contribution in [1.82, 2.24) is 20.4 Å². The molecule has 0 saturated heterocycles. The van der Waals surface area contributed by atoms with Crippen molar-refractivity contribution >= 4 is 5.91 Å². The average Bonchev–Trinajstić information content (AvgIpc) is 3.32. The molecule has 1 aromatic heterocycles. The predicted octanol–water partition coefficient (Wildman–Crippen LogP) is 3.29. The smallest absolute Gasteiger partial charge is 0.217 e. The zero-order chi connectivity index (χ0) is 24.5. The number of rotatable bonds is 9. The second-order valence-corrected chi connectivity index (χ2v) is 8.86. The number of hydrogen-bond donors (Lipinski definition) is 3. The highest BCUT2D eigenvalue weighted by atomic mass is 19.1. The van der Waals surface area contributed by atoms with Crippen LogP contribution in [0.1, 0.15) is 36.5 Å². The summed E-state index contributed by atoms with van der Waals surface area (Å²) in [6.45, 7) is 3.19. The second kappa shape index (κ2) is 9.60. The molecule has 9 heteroatoms. The number of aromatic nitrogens is 2. The van der Waals surface area contributed by atoms with Gasteiger partial charge < -0.3 is 15.7 Å². The molecule has 3 N–H and O–H groups in total. The third kappa shape index (κ3) is 5.15. The van der Waals surface area contributed by atoms with Crippen molar-refractivity contribution in [3.8, 4) is 5.69 Å². The quantitative estimate of drug-likeness (QED) is 0.447. The average molecular weight is 473 g/mol. The van der Waals surface area contributed by atoms with Gasteiger partial charge in [0.1, 0.15) is 17.3 Å². The number of aryl methyl sites for hydroxylation is 1. The standard InChI is InChI=1S/C25H27F3N4O2/c1-15-4-5-21(32-9-3-8-30-32)24(28)23(15)25(6-7-25)29-14-22(34)20(31-16(2)33)12-17-10-18(26)13-19(27)11-17/h3-5,8-11,13,20,22,29,34H,6-7,12,14H2,1-2H3,(H,31,33). The van der Waals surface area contributed by atoms with Crippen molar-refractivity contribution in [3.05, 3.63) is 82.9 Å². The molecule has 1 aliphatic carbocycles. The van der Waals surface area contributed by atoms with Crippen molar-refractivity contribution in [3.63, 3.8) is 0 Å². The van der Waals surface area contributed by atoms with E-state index in [0.29, 0.717) is 29.7 Å². The van der Waals surface area contributed by atoms with Crippen molar-refractivity contribution < 1.29 is 23.1 Å². The van der Waals surface area contributed by atoms with E-state index in [1.807, 2.05) is 13.0 Å². The molecule has 2 atom stereocenters. The van der Waals surface area contributed by atoms with Gasteiger partial charge in [0.25, 0.3) is 0 Å². The maximum Gasteiger partial charge on any atom is 0.217 e.